The summed E-state index contributed by atoms with van der Waals surface area (Å²) in [5, 5.41) is 8.86. The van der Waals surface area contributed by atoms with Crippen molar-refractivity contribution < 1.29 is 8.42 Å². The van der Waals surface area contributed by atoms with E-state index in [1.165, 1.54) is 25.7 Å². The topological polar surface area (TPSA) is 72.2 Å². The fraction of sp³-hybridized carbons (Fsp3) is 0.600. The van der Waals surface area contributed by atoms with Gasteiger partial charge in [-0.1, -0.05) is 18.6 Å². The number of fused-ring (bicyclic) bond motifs is 2. The van der Waals surface area contributed by atoms with Gasteiger partial charge in [-0.25, -0.2) is 13.6 Å². The predicted molar refractivity (Wildman–Crippen MR) is 78.6 cm³/mol. The highest BCUT2D eigenvalue weighted by Gasteiger charge is 2.39. The van der Waals surface area contributed by atoms with Gasteiger partial charge in [0, 0.05) is 12.1 Å². The first kappa shape index (κ1) is 14.0. The predicted octanol–water partition coefficient (Wildman–Crippen LogP) is 2.17. The minimum atomic E-state index is -3.62. The lowest BCUT2D eigenvalue weighted by Gasteiger charge is -2.27. The molecule has 4 atom stereocenters. The van der Waals surface area contributed by atoms with Crippen LogP contribution < -0.4 is 10.5 Å². The van der Waals surface area contributed by atoms with Crippen LogP contribution in [0.25, 0.3) is 0 Å². The van der Waals surface area contributed by atoms with E-state index in [9.17, 15) is 8.42 Å². The van der Waals surface area contributed by atoms with Crippen molar-refractivity contribution >= 4 is 10.0 Å². The Morgan fingerprint density at radius 3 is 2.70 bits per heavy atom. The van der Waals surface area contributed by atoms with Crippen molar-refractivity contribution in [3.63, 3.8) is 0 Å². The Balaban J connectivity index is 1.72. The summed E-state index contributed by atoms with van der Waals surface area (Å²) in [4.78, 5) is 0.191. The average Bonchev–Trinajstić information content (AvgIpc) is 3.00. The van der Waals surface area contributed by atoms with Crippen molar-refractivity contribution in [3.05, 3.63) is 29.8 Å². The van der Waals surface area contributed by atoms with Crippen LogP contribution in [0.5, 0.6) is 0 Å². The maximum Gasteiger partial charge on any atom is 0.238 e. The molecule has 0 saturated heterocycles. The van der Waals surface area contributed by atoms with Crippen LogP contribution in [0.2, 0.25) is 0 Å². The Bertz CT molecular complexity index is 600. The number of hydrogen-bond donors (Lipinski definition) is 2. The second-order valence-electron chi connectivity index (χ2n) is 6.29. The van der Waals surface area contributed by atoms with Crippen molar-refractivity contribution in [2.75, 3.05) is 0 Å². The van der Waals surface area contributed by atoms with Gasteiger partial charge >= 0.3 is 0 Å². The van der Waals surface area contributed by atoms with Gasteiger partial charge in [-0.2, -0.15) is 0 Å². The number of nitrogens with one attached hydrogen (secondary N) is 1. The molecular formula is C15H22N2O2S. The first-order chi connectivity index (χ1) is 9.43. The van der Waals surface area contributed by atoms with E-state index in [1.54, 1.807) is 18.2 Å². The number of sulfonamides is 1. The van der Waals surface area contributed by atoms with Crippen LogP contribution in [0.4, 0.5) is 0 Å². The molecule has 20 heavy (non-hydrogen) atoms. The van der Waals surface area contributed by atoms with E-state index in [4.69, 9.17) is 5.14 Å². The molecule has 1 aromatic carbocycles. The monoisotopic (exact) mass is 294 g/mol. The first-order valence-electron chi connectivity index (χ1n) is 7.32. The Kier molecular flexibility index (Phi) is 3.60. The lowest BCUT2D eigenvalue weighted by Crippen LogP contribution is -2.35. The van der Waals surface area contributed by atoms with Crippen LogP contribution in [0.15, 0.2) is 29.2 Å². The highest BCUT2D eigenvalue weighted by Crippen LogP contribution is 2.45. The molecule has 2 fully saturated rings. The summed E-state index contributed by atoms with van der Waals surface area (Å²) >= 11 is 0. The average molecular weight is 294 g/mol. The maximum atomic E-state index is 11.4. The van der Waals surface area contributed by atoms with Crippen LogP contribution in [0.3, 0.4) is 0 Å². The molecule has 3 rings (SSSR count). The Labute approximate surface area is 120 Å². The molecule has 0 aromatic heterocycles. The molecule has 110 valence electrons. The Morgan fingerprint density at radius 1 is 1.30 bits per heavy atom. The molecule has 0 amide bonds. The van der Waals surface area contributed by atoms with E-state index in [0.29, 0.717) is 6.04 Å². The largest absolute Gasteiger partial charge is 0.307 e. The first-order valence-corrected chi connectivity index (χ1v) is 8.87. The zero-order valence-corrected chi connectivity index (χ0v) is 12.6. The second-order valence-corrected chi connectivity index (χ2v) is 7.85. The number of benzene rings is 1. The van der Waals surface area contributed by atoms with E-state index >= 15 is 0 Å². The van der Waals surface area contributed by atoms with E-state index in [-0.39, 0.29) is 10.9 Å². The van der Waals surface area contributed by atoms with Crippen LogP contribution >= 0.6 is 0 Å². The lowest BCUT2D eigenvalue weighted by atomic mass is 9.94. The van der Waals surface area contributed by atoms with Crippen molar-refractivity contribution in [2.24, 2.45) is 17.0 Å². The van der Waals surface area contributed by atoms with Crippen molar-refractivity contribution in [1.29, 1.82) is 0 Å². The van der Waals surface area contributed by atoms with E-state index in [2.05, 4.69) is 12.2 Å². The quantitative estimate of drug-likeness (QED) is 0.894. The van der Waals surface area contributed by atoms with Crippen LogP contribution in [-0.4, -0.2) is 14.5 Å². The third-order valence-corrected chi connectivity index (χ3v) is 5.80. The number of hydrogen-bond acceptors (Lipinski definition) is 3. The second kappa shape index (κ2) is 5.13. The molecule has 2 aliphatic rings. The third kappa shape index (κ3) is 2.75. The number of primary sulfonamides is 1. The van der Waals surface area contributed by atoms with Gasteiger partial charge in [0.25, 0.3) is 0 Å². The number of rotatable bonds is 4. The normalized spacial score (nSPS) is 30.6. The summed E-state index contributed by atoms with van der Waals surface area (Å²) in [6.45, 7) is 2.09. The van der Waals surface area contributed by atoms with E-state index in [0.717, 1.165) is 17.4 Å². The van der Waals surface area contributed by atoms with Crippen LogP contribution in [-0.2, 0) is 10.0 Å². The summed E-state index contributed by atoms with van der Waals surface area (Å²) in [5.41, 5.74) is 0.985. The minimum absolute atomic E-state index is 0.154. The zero-order valence-electron chi connectivity index (χ0n) is 11.7. The molecule has 0 radical (unpaired) electrons. The smallest absolute Gasteiger partial charge is 0.238 e. The summed E-state index contributed by atoms with van der Waals surface area (Å²) in [5.74, 6) is 1.71. The van der Waals surface area contributed by atoms with Crippen molar-refractivity contribution in [1.82, 2.24) is 5.32 Å². The molecule has 0 heterocycles. The molecule has 5 heteroatoms. The molecule has 0 spiro atoms. The van der Waals surface area contributed by atoms with Gasteiger partial charge in [0.15, 0.2) is 0 Å². The van der Waals surface area contributed by atoms with Gasteiger partial charge in [0.2, 0.25) is 10.0 Å². The van der Waals surface area contributed by atoms with Gasteiger partial charge in [-0.05, 0) is 55.7 Å². The molecule has 2 aliphatic carbocycles. The van der Waals surface area contributed by atoms with Crippen molar-refractivity contribution in [2.45, 2.75) is 49.6 Å². The summed E-state index contributed by atoms with van der Waals surface area (Å²) in [7, 11) is -3.62. The molecule has 4 nitrogen and oxygen atoms in total. The summed E-state index contributed by atoms with van der Waals surface area (Å²) in [6, 6.07) is 7.68. The SMILES string of the molecule is CC(NC1CC2CCC1C2)c1cccc(S(N)(=O)=O)c1. The third-order valence-electron chi connectivity index (χ3n) is 4.89. The number of nitrogens with two attached hydrogens (primary N) is 1. The van der Waals surface area contributed by atoms with E-state index in [1.807, 2.05) is 6.07 Å². The fourth-order valence-electron chi connectivity index (χ4n) is 3.83. The zero-order chi connectivity index (χ0) is 14.3. The molecule has 2 bridgehead atoms. The molecule has 0 aliphatic heterocycles. The molecule has 3 N–H and O–H groups in total. The minimum Gasteiger partial charge on any atom is -0.307 e. The maximum absolute atomic E-state index is 11.4. The molecule has 4 unspecified atom stereocenters. The van der Waals surface area contributed by atoms with Crippen LogP contribution in [0.1, 0.15) is 44.2 Å². The summed E-state index contributed by atoms with van der Waals surface area (Å²) in [6.07, 6.45) is 5.36. The van der Waals surface area contributed by atoms with Gasteiger partial charge in [0.1, 0.15) is 0 Å². The fourth-order valence-corrected chi connectivity index (χ4v) is 4.40. The van der Waals surface area contributed by atoms with E-state index < -0.39 is 10.0 Å². The van der Waals surface area contributed by atoms with Gasteiger partial charge < -0.3 is 5.32 Å². The van der Waals surface area contributed by atoms with Crippen LogP contribution in [0, 0.1) is 11.8 Å². The highest BCUT2D eigenvalue weighted by atomic mass is 32.2. The Morgan fingerprint density at radius 2 is 2.10 bits per heavy atom. The summed E-state index contributed by atoms with van der Waals surface area (Å²) < 4.78 is 22.8. The van der Waals surface area contributed by atoms with Gasteiger partial charge in [0.05, 0.1) is 4.90 Å². The highest BCUT2D eigenvalue weighted by molar-refractivity contribution is 7.89. The molecule has 2 saturated carbocycles. The molecule has 1 aromatic rings. The van der Waals surface area contributed by atoms with Crippen molar-refractivity contribution in [3.8, 4) is 0 Å². The lowest BCUT2D eigenvalue weighted by molar-refractivity contribution is 0.327. The van der Waals surface area contributed by atoms with Gasteiger partial charge in [-0.15, -0.1) is 0 Å². The molecular weight excluding hydrogens is 272 g/mol. The Hall–Kier alpha value is -0.910. The van der Waals surface area contributed by atoms with Gasteiger partial charge in [-0.3, -0.25) is 0 Å². The standard InChI is InChI=1S/C15H22N2O2S/c1-10(17-15-8-11-5-6-13(15)7-11)12-3-2-4-14(9-12)20(16,18)19/h2-4,9-11,13,15,17H,5-8H2,1H3,(H2,16,18,19).